The zero-order valence-corrected chi connectivity index (χ0v) is 39.1. The molecular formula is C45H72ClN5O10. The Bertz CT molecular complexity index is 1720. The van der Waals surface area contributed by atoms with Gasteiger partial charge in [0.2, 0.25) is 0 Å². The minimum absolute atomic E-state index is 0.121. The van der Waals surface area contributed by atoms with Crippen molar-refractivity contribution in [3.63, 3.8) is 0 Å². The van der Waals surface area contributed by atoms with E-state index < -0.39 is 77.3 Å². The van der Waals surface area contributed by atoms with Gasteiger partial charge >= 0.3 is 5.97 Å². The number of hydrogen-bond donors (Lipinski definition) is 2. The van der Waals surface area contributed by atoms with E-state index in [1.165, 1.54) is 14.0 Å². The Hall–Kier alpha value is -2.86. The molecule has 2 saturated heterocycles. The van der Waals surface area contributed by atoms with Crippen LogP contribution in [0.2, 0.25) is 5.15 Å². The highest BCUT2D eigenvalue weighted by Crippen LogP contribution is 2.41. The van der Waals surface area contributed by atoms with E-state index in [0.29, 0.717) is 43.9 Å². The molecule has 2 aromatic heterocycles. The van der Waals surface area contributed by atoms with Gasteiger partial charge in [-0.15, -0.1) is 0 Å². The number of carbonyl (C=O) groups excluding carboxylic acids is 3. The fraction of sp³-hybridized carbons (Fsp3) is 0.756. The van der Waals surface area contributed by atoms with Gasteiger partial charge in [0.25, 0.3) is 0 Å². The number of pyridine rings is 1. The molecular weight excluding hydrogens is 806 g/mol. The summed E-state index contributed by atoms with van der Waals surface area (Å²) in [5.41, 5.74) is -0.898. The molecule has 0 bridgehead atoms. The number of aryl methyl sites for hydroxylation is 1. The number of likely N-dealkylation sites (N-methyl/N-ethyl adjacent to an activating group) is 1. The first-order valence-electron chi connectivity index (χ1n) is 21.8. The topological polar surface area (TPSA) is 175 Å². The highest BCUT2D eigenvalue weighted by molar-refractivity contribution is 6.29. The predicted molar refractivity (Wildman–Crippen MR) is 231 cm³/mol. The van der Waals surface area contributed by atoms with Gasteiger partial charge in [0.05, 0.1) is 42.6 Å². The van der Waals surface area contributed by atoms with Crippen molar-refractivity contribution in [3.05, 3.63) is 36.0 Å². The summed E-state index contributed by atoms with van der Waals surface area (Å²) in [6.45, 7) is 15.0. The summed E-state index contributed by atoms with van der Waals surface area (Å²) in [5, 5.41) is 23.0. The first-order chi connectivity index (χ1) is 28.8. The van der Waals surface area contributed by atoms with Gasteiger partial charge in [-0.05, 0) is 85.5 Å². The minimum Gasteiger partial charge on any atom is -0.459 e. The molecule has 2 aliphatic heterocycles. The molecule has 1 unspecified atom stereocenters. The van der Waals surface area contributed by atoms with Crippen LogP contribution in [0.15, 0.2) is 30.9 Å². The lowest BCUT2D eigenvalue weighted by molar-refractivity contribution is -0.295. The average molecular weight is 879 g/mol. The van der Waals surface area contributed by atoms with E-state index in [0.717, 1.165) is 17.7 Å². The van der Waals surface area contributed by atoms with Gasteiger partial charge in [0.15, 0.2) is 12.1 Å². The van der Waals surface area contributed by atoms with Crippen LogP contribution in [0, 0.1) is 23.7 Å². The summed E-state index contributed by atoms with van der Waals surface area (Å²) in [4.78, 5) is 56.0. The number of aliphatic hydroxyl groups excluding tert-OH is 2. The van der Waals surface area contributed by atoms with Crippen LogP contribution in [-0.4, -0.2) is 148 Å². The quantitative estimate of drug-likeness (QED) is 0.0763. The number of carbonyl (C=O) groups is 3. The SMILES string of the molecule is CC[C@H]1OC(=O)[C@H](C)C(=O)[C@H](C)[C@@H](OC2O[C@H](C)C[C@H](N(C)C)[C@H]2O)[C@@](C)(OC)C[C@@H](C)C(=O)[C@H](C)[C@@H](N(CO)CCCCn2cnc(-c3ccc(Cl)nc3)c2)[C@]1(CC)OC. The lowest BCUT2D eigenvalue weighted by atomic mass is 9.71. The van der Waals surface area contributed by atoms with Crippen LogP contribution in [-0.2, 0) is 44.6 Å². The summed E-state index contributed by atoms with van der Waals surface area (Å²) in [6, 6.07) is 2.56. The van der Waals surface area contributed by atoms with Crippen molar-refractivity contribution in [1.29, 1.82) is 0 Å². The van der Waals surface area contributed by atoms with E-state index >= 15 is 0 Å². The molecule has 0 saturated carbocycles. The number of Topliss-reactive ketones (excluding diaryl/α,β-unsaturated/α-hetero) is 2. The normalized spacial score (nSPS) is 34.8. The lowest BCUT2D eigenvalue weighted by Crippen LogP contribution is -2.65. The van der Waals surface area contributed by atoms with Gasteiger partial charge in [-0.2, -0.15) is 0 Å². The second-order valence-electron chi connectivity index (χ2n) is 17.7. The zero-order valence-electron chi connectivity index (χ0n) is 38.4. The maximum absolute atomic E-state index is 15.0. The van der Waals surface area contributed by atoms with Crippen molar-refractivity contribution in [2.45, 2.75) is 154 Å². The molecule has 15 nitrogen and oxygen atoms in total. The van der Waals surface area contributed by atoms with Crippen molar-refractivity contribution >= 4 is 29.1 Å². The Morgan fingerprint density at radius 2 is 1.70 bits per heavy atom. The number of aliphatic hydroxyl groups is 2. The summed E-state index contributed by atoms with van der Waals surface area (Å²) in [7, 11) is 6.81. The van der Waals surface area contributed by atoms with Crippen LogP contribution >= 0.6 is 11.6 Å². The van der Waals surface area contributed by atoms with E-state index in [1.807, 2.05) is 75.3 Å². The number of cyclic esters (lactones) is 1. The molecule has 2 N–H and O–H groups in total. The van der Waals surface area contributed by atoms with Crippen LogP contribution in [0.4, 0.5) is 0 Å². The number of imidazole rings is 1. The maximum atomic E-state index is 15.0. The van der Waals surface area contributed by atoms with E-state index in [2.05, 4.69) is 9.97 Å². The van der Waals surface area contributed by atoms with Crippen LogP contribution in [0.1, 0.15) is 93.9 Å². The number of esters is 1. The Kier molecular flexibility index (Phi) is 18.5. The number of rotatable bonds is 15. The summed E-state index contributed by atoms with van der Waals surface area (Å²) >= 11 is 5.97. The molecule has 2 aromatic rings. The third-order valence-electron chi connectivity index (χ3n) is 13.4. The van der Waals surface area contributed by atoms with Gasteiger partial charge < -0.3 is 43.4 Å². The van der Waals surface area contributed by atoms with Crippen LogP contribution < -0.4 is 0 Å². The fourth-order valence-electron chi connectivity index (χ4n) is 9.79. The van der Waals surface area contributed by atoms with Crippen molar-refractivity contribution in [2.24, 2.45) is 23.7 Å². The molecule has 0 radical (unpaired) electrons. The number of unbranched alkanes of at least 4 members (excludes halogenated alkanes) is 1. The van der Waals surface area contributed by atoms with Crippen molar-refractivity contribution < 1.29 is 48.3 Å². The van der Waals surface area contributed by atoms with Crippen molar-refractivity contribution in [3.8, 4) is 11.3 Å². The van der Waals surface area contributed by atoms with E-state index in [4.69, 9.17) is 35.3 Å². The van der Waals surface area contributed by atoms with Gasteiger partial charge in [-0.3, -0.25) is 19.3 Å². The van der Waals surface area contributed by atoms with Crippen molar-refractivity contribution in [1.82, 2.24) is 24.3 Å². The van der Waals surface area contributed by atoms with Gasteiger partial charge in [-0.25, -0.2) is 9.97 Å². The first kappa shape index (κ1) is 50.8. The number of methoxy groups -OCH3 is 2. The third kappa shape index (κ3) is 11.5. The van der Waals surface area contributed by atoms with Crippen LogP contribution in [0.3, 0.4) is 0 Å². The van der Waals surface area contributed by atoms with E-state index in [9.17, 15) is 24.6 Å². The molecule has 0 amide bonds. The zero-order chi connectivity index (χ0) is 45.4. The Morgan fingerprint density at radius 1 is 1.00 bits per heavy atom. The van der Waals surface area contributed by atoms with Gasteiger partial charge in [0.1, 0.15) is 34.7 Å². The summed E-state index contributed by atoms with van der Waals surface area (Å²) in [5.74, 6) is -4.82. The molecule has 4 heterocycles. The number of halogens is 1. The molecule has 0 spiro atoms. The number of nitrogens with zero attached hydrogens (tertiary/aromatic N) is 5. The number of hydrogen-bond acceptors (Lipinski definition) is 14. The summed E-state index contributed by atoms with van der Waals surface area (Å²) < 4.78 is 33.8. The standard InChI is InChI=1S/C45H72ClN5O10/c1-13-35-45(14-2,58-12)40(51(26-52)20-16-15-19-50-24-33(48-25-50)32-17-18-36(46)47-23-32)29(5)37(53)27(3)22-44(8,57-11)41(30(6)38(54)31(7)42(56)60-35)61-43-39(55)34(49(9)10)21-28(4)59-43/h17-18,23-25,27-31,34-35,39-41,43,52,55H,13-16,19-22,26H2,1-12H3/t27-,28-,29+,30+,31-,34+,35-,39-,40-,41-,43?,44+,45-/m1/s1. The van der Waals surface area contributed by atoms with Crippen LogP contribution in [0.25, 0.3) is 11.3 Å². The second-order valence-corrected chi connectivity index (χ2v) is 18.1. The fourth-order valence-corrected chi connectivity index (χ4v) is 9.90. The first-order valence-corrected chi connectivity index (χ1v) is 22.2. The molecule has 344 valence electrons. The minimum atomic E-state index is -1.27. The molecule has 13 atom stereocenters. The average Bonchev–Trinajstić information content (AvgIpc) is 3.72. The highest BCUT2D eigenvalue weighted by Gasteiger charge is 2.55. The van der Waals surface area contributed by atoms with E-state index in [-0.39, 0.29) is 31.1 Å². The van der Waals surface area contributed by atoms with Gasteiger partial charge in [-0.1, -0.05) is 46.2 Å². The Labute approximate surface area is 367 Å². The number of ketones is 2. The predicted octanol–water partition coefficient (Wildman–Crippen LogP) is 5.42. The molecule has 2 fully saturated rings. The number of ether oxygens (including phenoxy) is 5. The monoisotopic (exact) mass is 877 g/mol. The molecule has 4 rings (SSSR count). The Balaban J connectivity index is 1.70. The molecule has 0 aliphatic carbocycles. The second kappa shape index (κ2) is 22.2. The maximum Gasteiger partial charge on any atom is 0.316 e. The molecule has 2 aliphatic rings. The highest BCUT2D eigenvalue weighted by atomic mass is 35.5. The van der Waals surface area contributed by atoms with Crippen molar-refractivity contribution in [2.75, 3.05) is 41.6 Å². The smallest absolute Gasteiger partial charge is 0.316 e. The lowest BCUT2D eigenvalue weighted by Gasteiger charge is -2.51. The third-order valence-corrected chi connectivity index (χ3v) is 13.6. The van der Waals surface area contributed by atoms with Gasteiger partial charge in [0, 0.05) is 69.1 Å². The molecule has 16 heteroatoms. The van der Waals surface area contributed by atoms with Crippen LogP contribution in [0.5, 0.6) is 0 Å². The summed E-state index contributed by atoms with van der Waals surface area (Å²) in [6.07, 6.45) is 3.77. The van der Waals surface area contributed by atoms with E-state index in [1.54, 1.807) is 39.5 Å². The molecule has 61 heavy (non-hydrogen) atoms. The Morgan fingerprint density at radius 3 is 2.28 bits per heavy atom. The number of aromatic nitrogens is 3. The largest absolute Gasteiger partial charge is 0.459 e. The molecule has 0 aromatic carbocycles.